The van der Waals surface area contributed by atoms with E-state index in [-0.39, 0.29) is 0 Å². The minimum atomic E-state index is 0.334. The molecule has 1 saturated carbocycles. The summed E-state index contributed by atoms with van der Waals surface area (Å²) >= 11 is 5.27. The zero-order valence-electron chi connectivity index (χ0n) is 4.06. The van der Waals surface area contributed by atoms with E-state index in [1.54, 1.807) is 0 Å². The summed E-state index contributed by atoms with van der Waals surface area (Å²) in [5.41, 5.74) is 0. The number of hydrogen-bond acceptors (Lipinski definition) is 1. The largest absolute Gasteiger partial charge is 0.362 e. The van der Waals surface area contributed by atoms with Gasteiger partial charge >= 0.3 is 0 Å². The van der Waals surface area contributed by atoms with E-state index in [4.69, 9.17) is 16.3 Å². The molecule has 1 nitrogen and oxygen atoms in total. The van der Waals surface area contributed by atoms with Gasteiger partial charge in [0.25, 0.3) is 0 Å². The second-order valence-electron chi connectivity index (χ2n) is 1.63. The summed E-state index contributed by atoms with van der Waals surface area (Å²) in [6.07, 6.45) is 4.86. The highest BCUT2D eigenvalue weighted by Gasteiger charge is 2.16. The highest BCUT2D eigenvalue weighted by atomic mass is 35.5. The van der Waals surface area contributed by atoms with Crippen molar-refractivity contribution in [1.82, 2.24) is 0 Å². The molecule has 1 atom stereocenters. The lowest BCUT2D eigenvalue weighted by atomic mass is 9.96. The van der Waals surface area contributed by atoms with Gasteiger partial charge in [-0.1, -0.05) is 11.6 Å². The molecule has 2 heteroatoms. The summed E-state index contributed by atoms with van der Waals surface area (Å²) < 4.78 is 4.99. The zero-order chi connectivity index (χ0) is 5.11. The maximum Gasteiger partial charge on any atom is 0.121 e. The highest BCUT2D eigenvalue weighted by Crippen LogP contribution is 2.20. The molecule has 0 heterocycles. The van der Waals surface area contributed by atoms with Crippen molar-refractivity contribution in [2.75, 3.05) is 6.07 Å². The Morgan fingerprint density at radius 3 is 2.71 bits per heavy atom. The third-order valence-electron chi connectivity index (χ3n) is 1.16. The van der Waals surface area contributed by atoms with Gasteiger partial charge in [-0.25, -0.2) is 0 Å². The fourth-order valence-corrected chi connectivity index (χ4v) is 0.697. The van der Waals surface area contributed by atoms with Gasteiger partial charge in [-0.2, -0.15) is 0 Å². The molecule has 0 amide bonds. The van der Waals surface area contributed by atoms with Crippen LogP contribution in [0.4, 0.5) is 0 Å². The second-order valence-corrected chi connectivity index (χ2v) is 1.85. The Morgan fingerprint density at radius 2 is 2.57 bits per heavy atom. The fraction of sp³-hybridized carbons (Fsp3) is 0.800. The van der Waals surface area contributed by atoms with E-state index in [1.807, 2.05) is 0 Å². The molecule has 1 unspecified atom stereocenters. The molecule has 41 valence electrons. The number of ether oxygens (including phenoxy) is 1. The minimum Gasteiger partial charge on any atom is -0.362 e. The first-order valence-corrected chi connectivity index (χ1v) is 2.98. The van der Waals surface area contributed by atoms with E-state index in [1.165, 1.54) is 6.42 Å². The summed E-state index contributed by atoms with van der Waals surface area (Å²) in [7, 11) is 0. The van der Waals surface area contributed by atoms with Crippen molar-refractivity contribution >= 4 is 11.6 Å². The van der Waals surface area contributed by atoms with Crippen LogP contribution in [0.25, 0.3) is 0 Å². The summed E-state index contributed by atoms with van der Waals surface area (Å²) in [6, 6.07) is 0.334. The number of hydrogen-bond donors (Lipinski definition) is 0. The van der Waals surface area contributed by atoms with Crippen LogP contribution in [-0.4, -0.2) is 12.2 Å². The van der Waals surface area contributed by atoms with Crippen LogP contribution in [0.2, 0.25) is 0 Å². The molecular formula is C5H8ClO. The smallest absolute Gasteiger partial charge is 0.121 e. The van der Waals surface area contributed by atoms with Crippen LogP contribution in [0.1, 0.15) is 12.8 Å². The van der Waals surface area contributed by atoms with E-state index in [9.17, 15) is 0 Å². The van der Waals surface area contributed by atoms with Gasteiger partial charge in [0, 0.05) is 0 Å². The van der Waals surface area contributed by atoms with Crippen molar-refractivity contribution in [3.05, 3.63) is 6.42 Å². The molecular weight excluding hydrogens is 112 g/mol. The molecule has 0 aromatic carbocycles. The van der Waals surface area contributed by atoms with Gasteiger partial charge in [-0.05, 0) is 19.3 Å². The lowest BCUT2D eigenvalue weighted by Gasteiger charge is -2.23. The summed E-state index contributed by atoms with van der Waals surface area (Å²) in [4.78, 5) is 0. The van der Waals surface area contributed by atoms with Crippen molar-refractivity contribution in [2.45, 2.75) is 18.9 Å². The Labute approximate surface area is 48.6 Å². The maximum atomic E-state index is 5.27. The van der Waals surface area contributed by atoms with Crippen molar-refractivity contribution in [3.63, 3.8) is 0 Å². The minimum absolute atomic E-state index is 0.334. The molecule has 1 rings (SSSR count). The van der Waals surface area contributed by atoms with Gasteiger partial charge in [0.1, 0.15) is 6.07 Å². The van der Waals surface area contributed by atoms with E-state index < -0.39 is 0 Å². The maximum absolute atomic E-state index is 5.27. The molecule has 1 fully saturated rings. The number of rotatable bonds is 2. The molecule has 0 saturated heterocycles. The van der Waals surface area contributed by atoms with Crippen LogP contribution in [0.5, 0.6) is 0 Å². The predicted molar refractivity (Wildman–Crippen MR) is 29.1 cm³/mol. The normalized spacial score (nSPS) is 21.9. The van der Waals surface area contributed by atoms with E-state index in [0.29, 0.717) is 12.2 Å². The van der Waals surface area contributed by atoms with Crippen LogP contribution < -0.4 is 0 Å². The lowest BCUT2D eigenvalue weighted by molar-refractivity contribution is 0.0717. The summed E-state index contributed by atoms with van der Waals surface area (Å²) in [5.74, 6) is 0. The number of halogens is 1. The summed E-state index contributed by atoms with van der Waals surface area (Å²) in [6.45, 7) is 0. The van der Waals surface area contributed by atoms with Gasteiger partial charge in [0.05, 0.1) is 6.10 Å². The molecule has 0 aliphatic heterocycles. The van der Waals surface area contributed by atoms with Gasteiger partial charge in [0.15, 0.2) is 0 Å². The van der Waals surface area contributed by atoms with Gasteiger partial charge in [-0.3, -0.25) is 0 Å². The topological polar surface area (TPSA) is 9.23 Å². The average molecular weight is 120 g/mol. The van der Waals surface area contributed by atoms with Gasteiger partial charge < -0.3 is 4.74 Å². The monoisotopic (exact) mass is 119 g/mol. The van der Waals surface area contributed by atoms with Crippen molar-refractivity contribution in [2.24, 2.45) is 0 Å². The molecule has 0 aromatic heterocycles. The van der Waals surface area contributed by atoms with Gasteiger partial charge in [-0.15, -0.1) is 0 Å². The van der Waals surface area contributed by atoms with E-state index in [2.05, 4.69) is 6.42 Å². The van der Waals surface area contributed by atoms with Crippen molar-refractivity contribution in [1.29, 1.82) is 0 Å². The van der Waals surface area contributed by atoms with Crippen LogP contribution in [0.3, 0.4) is 0 Å². The van der Waals surface area contributed by atoms with E-state index in [0.717, 1.165) is 6.42 Å². The Hall–Kier alpha value is 0.250. The van der Waals surface area contributed by atoms with Crippen LogP contribution in [0, 0.1) is 6.42 Å². The lowest BCUT2D eigenvalue weighted by Crippen LogP contribution is -2.21. The van der Waals surface area contributed by atoms with Crippen LogP contribution in [-0.2, 0) is 4.74 Å². The molecule has 1 radical (unpaired) electrons. The van der Waals surface area contributed by atoms with Crippen molar-refractivity contribution < 1.29 is 4.74 Å². The molecule has 1 aliphatic rings. The van der Waals surface area contributed by atoms with Crippen molar-refractivity contribution in [3.8, 4) is 0 Å². The molecule has 1 aliphatic carbocycles. The van der Waals surface area contributed by atoms with E-state index >= 15 is 0 Å². The molecule has 0 spiro atoms. The molecule has 0 N–H and O–H groups in total. The summed E-state index contributed by atoms with van der Waals surface area (Å²) in [5, 5.41) is 0. The fourth-order valence-electron chi connectivity index (χ4n) is 0.535. The first-order chi connectivity index (χ1) is 3.43. The molecule has 0 bridgehead atoms. The first kappa shape index (κ1) is 5.39. The first-order valence-electron chi connectivity index (χ1n) is 2.44. The standard InChI is InChI=1S/C5H8ClO/c6-4-7-5-2-1-3-5/h2,5H,1,3-4H2. The molecule has 7 heavy (non-hydrogen) atoms. The Bertz CT molecular complexity index is 52.0. The quantitative estimate of drug-likeness (QED) is 0.502. The third-order valence-corrected chi connectivity index (χ3v) is 1.28. The highest BCUT2D eigenvalue weighted by molar-refractivity contribution is 6.17. The Morgan fingerprint density at radius 1 is 1.86 bits per heavy atom. The van der Waals surface area contributed by atoms with Crippen LogP contribution in [0.15, 0.2) is 0 Å². The molecule has 0 aromatic rings. The average Bonchev–Trinajstić information content (AvgIpc) is 1.55. The second kappa shape index (κ2) is 2.53. The number of alkyl halides is 1. The Balaban J connectivity index is 1.93. The SMILES string of the molecule is ClCOC1[CH]CC1. The van der Waals surface area contributed by atoms with Crippen LogP contribution >= 0.6 is 11.6 Å². The zero-order valence-corrected chi connectivity index (χ0v) is 4.82. The third kappa shape index (κ3) is 1.32. The Kier molecular flexibility index (Phi) is 1.95. The predicted octanol–water partition coefficient (Wildman–Crippen LogP) is 1.57. The van der Waals surface area contributed by atoms with Gasteiger partial charge in [0.2, 0.25) is 0 Å².